The van der Waals surface area contributed by atoms with Gasteiger partial charge in [0.25, 0.3) is 0 Å². The molecule has 4 rings (SSSR count). The Labute approximate surface area is 149 Å². The van der Waals surface area contributed by atoms with E-state index in [1.807, 2.05) is 0 Å². The van der Waals surface area contributed by atoms with Crippen LogP contribution in [0.25, 0.3) is 21.9 Å². The van der Waals surface area contributed by atoms with E-state index in [9.17, 15) is 4.79 Å². The lowest BCUT2D eigenvalue weighted by Crippen LogP contribution is -2.06. The summed E-state index contributed by atoms with van der Waals surface area (Å²) in [5, 5.41) is 2.53. The summed E-state index contributed by atoms with van der Waals surface area (Å²) in [6, 6.07) is 23.5. The third kappa shape index (κ3) is 3.37. The van der Waals surface area contributed by atoms with Gasteiger partial charge in [0.05, 0.1) is 0 Å². The van der Waals surface area contributed by atoms with Crippen molar-refractivity contribution in [1.29, 1.82) is 0 Å². The van der Waals surface area contributed by atoms with Gasteiger partial charge >= 0.3 is 0 Å². The highest BCUT2D eigenvalue weighted by Crippen LogP contribution is 2.34. The van der Waals surface area contributed by atoms with E-state index in [4.69, 9.17) is 0 Å². The van der Waals surface area contributed by atoms with Crippen LogP contribution in [-0.4, -0.2) is 6.29 Å². The molecule has 0 aliphatic heterocycles. The van der Waals surface area contributed by atoms with E-state index in [1.165, 1.54) is 47.6 Å². The molecule has 1 unspecified atom stereocenters. The van der Waals surface area contributed by atoms with Crippen molar-refractivity contribution in [3.8, 4) is 11.1 Å². The Bertz CT molecular complexity index is 851. The molecule has 0 heterocycles. The predicted octanol–water partition coefficient (Wildman–Crippen LogP) is 6.37. The Hall–Kier alpha value is -2.41. The molecule has 3 aromatic rings. The van der Waals surface area contributed by atoms with Crippen molar-refractivity contribution < 1.29 is 4.79 Å². The maximum atomic E-state index is 11.6. The Kier molecular flexibility index (Phi) is 4.65. The SMILES string of the molecule is O=CC(CC1CCCC1)c1ccc(-c2cccc3ccccc23)cc1. The zero-order valence-electron chi connectivity index (χ0n) is 14.5. The third-order valence-electron chi connectivity index (χ3n) is 5.67. The highest BCUT2D eigenvalue weighted by Gasteiger charge is 2.21. The van der Waals surface area contributed by atoms with E-state index in [2.05, 4.69) is 66.7 Å². The second-order valence-corrected chi connectivity index (χ2v) is 7.28. The molecule has 126 valence electrons. The molecule has 3 aromatic carbocycles. The molecule has 1 fully saturated rings. The molecule has 0 saturated heterocycles. The van der Waals surface area contributed by atoms with Gasteiger partial charge < -0.3 is 4.79 Å². The lowest BCUT2D eigenvalue weighted by molar-refractivity contribution is -0.109. The van der Waals surface area contributed by atoms with Crippen LogP contribution in [0.1, 0.15) is 43.6 Å². The van der Waals surface area contributed by atoms with E-state index < -0.39 is 0 Å². The quantitative estimate of drug-likeness (QED) is 0.497. The first kappa shape index (κ1) is 16.1. The molecule has 1 aliphatic carbocycles. The molecule has 0 radical (unpaired) electrons. The second-order valence-electron chi connectivity index (χ2n) is 7.28. The van der Waals surface area contributed by atoms with Gasteiger partial charge in [-0.3, -0.25) is 0 Å². The van der Waals surface area contributed by atoms with Gasteiger partial charge in [-0.15, -0.1) is 0 Å². The number of fused-ring (bicyclic) bond motifs is 1. The average Bonchev–Trinajstić information content (AvgIpc) is 3.19. The van der Waals surface area contributed by atoms with Crippen molar-refractivity contribution in [2.24, 2.45) is 5.92 Å². The van der Waals surface area contributed by atoms with Crippen molar-refractivity contribution >= 4 is 17.1 Å². The summed E-state index contributed by atoms with van der Waals surface area (Å²) in [4.78, 5) is 11.6. The summed E-state index contributed by atoms with van der Waals surface area (Å²) < 4.78 is 0. The topological polar surface area (TPSA) is 17.1 Å². The summed E-state index contributed by atoms with van der Waals surface area (Å²) in [6.07, 6.45) is 7.39. The largest absolute Gasteiger partial charge is 0.303 e. The fraction of sp³-hybridized carbons (Fsp3) is 0.292. The number of carbonyl (C=O) groups excluding carboxylic acids is 1. The van der Waals surface area contributed by atoms with E-state index in [0.717, 1.165) is 24.2 Å². The van der Waals surface area contributed by atoms with Crippen LogP contribution in [0, 0.1) is 5.92 Å². The fourth-order valence-corrected chi connectivity index (χ4v) is 4.26. The summed E-state index contributed by atoms with van der Waals surface area (Å²) in [7, 11) is 0. The van der Waals surface area contributed by atoms with E-state index in [1.54, 1.807) is 0 Å². The van der Waals surface area contributed by atoms with Crippen molar-refractivity contribution in [3.63, 3.8) is 0 Å². The summed E-state index contributed by atoms with van der Waals surface area (Å²) >= 11 is 0. The summed E-state index contributed by atoms with van der Waals surface area (Å²) in [6.45, 7) is 0. The van der Waals surface area contributed by atoms with Crippen molar-refractivity contribution in [3.05, 3.63) is 72.3 Å². The molecule has 1 heteroatoms. The first-order chi connectivity index (χ1) is 12.3. The Balaban J connectivity index is 1.61. The monoisotopic (exact) mass is 328 g/mol. The van der Waals surface area contributed by atoms with E-state index >= 15 is 0 Å². The van der Waals surface area contributed by atoms with Gasteiger partial charge in [-0.2, -0.15) is 0 Å². The number of hydrogen-bond donors (Lipinski definition) is 0. The van der Waals surface area contributed by atoms with Crippen molar-refractivity contribution in [2.75, 3.05) is 0 Å². The minimum absolute atomic E-state index is 0.0460. The van der Waals surface area contributed by atoms with Gasteiger partial charge in [0.15, 0.2) is 0 Å². The number of rotatable bonds is 5. The van der Waals surface area contributed by atoms with Crippen LogP contribution in [0.5, 0.6) is 0 Å². The smallest absolute Gasteiger partial charge is 0.127 e. The normalized spacial score (nSPS) is 16.2. The second kappa shape index (κ2) is 7.23. The number of carbonyl (C=O) groups is 1. The first-order valence-electron chi connectivity index (χ1n) is 9.38. The van der Waals surface area contributed by atoms with Crippen LogP contribution in [-0.2, 0) is 4.79 Å². The van der Waals surface area contributed by atoms with Crippen LogP contribution in [0.3, 0.4) is 0 Å². The van der Waals surface area contributed by atoms with E-state index in [-0.39, 0.29) is 5.92 Å². The molecule has 25 heavy (non-hydrogen) atoms. The standard InChI is InChI=1S/C24H24O/c25-17-22(16-18-6-1-2-7-18)19-12-14-21(15-13-19)24-11-5-9-20-8-3-4-10-23(20)24/h3-5,8-15,17-18,22H,1-2,6-7,16H2. The number of hydrogen-bond acceptors (Lipinski definition) is 1. The Morgan fingerprint density at radius 1 is 0.880 bits per heavy atom. The highest BCUT2D eigenvalue weighted by atomic mass is 16.1. The minimum atomic E-state index is 0.0460. The minimum Gasteiger partial charge on any atom is -0.303 e. The Morgan fingerprint density at radius 3 is 2.36 bits per heavy atom. The molecule has 1 atom stereocenters. The maximum absolute atomic E-state index is 11.6. The number of benzene rings is 3. The first-order valence-corrected chi connectivity index (χ1v) is 9.38. The lowest BCUT2D eigenvalue weighted by atomic mass is 9.88. The van der Waals surface area contributed by atoms with Crippen LogP contribution in [0.4, 0.5) is 0 Å². The molecule has 1 nitrogen and oxygen atoms in total. The molecule has 1 aliphatic rings. The molecule has 0 bridgehead atoms. The molecule has 0 aromatic heterocycles. The fourth-order valence-electron chi connectivity index (χ4n) is 4.26. The van der Waals surface area contributed by atoms with Crippen LogP contribution >= 0.6 is 0 Å². The van der Waals surface area contributed by atoms with Crippen molar-refractivity contribution in [1.82, 2.24) is 0 Å². The molecule has 1 saturated carbocycles. The van der Waals surface area contributed by atoms with Gasteiger partial charge in [0, 0.05) is 5.92 Å². The summed E-state index contributed by atoms with van der Waals surface area (Å²) in [5.41, 5.74) is 3.63. The zero-order chi connectivity index (χ0) is 17.1. The zero-order valence-corrected chi connectivity index (χ0v) is 14.5. The predicted molar refractivity (Wildman–Crippen MR) is 105 cm³/mol. The molecule has 0 N–H and O–H groups in total. The van der Waals surface area contributed by atoms with Gasteiger partial charge in [-0.1, -0.05) is 92.4 Å². The lowest BCUT2D eigenvalue weighted by Gasteiger charge is -2.16. The van der Waals surface area contributed by atoms with Crippen LogP contribution in [0.15, 0.2) is 66.7 Å². The summed E-state index contributed by atoms with van der Waals surface area (Å²) in [5.74, 6) is 0.776. The maximum Gasteiger partial charge on any atom is 0.127 e. The van der Waals surface area contributed by atoms with Gasteiger partial charge in [-0.25, -0.2) is 0 Å². The van der Waals surface area contributed by atoms with Crippen molar-refractivity contribution in [2.45, 2.75) is 38.0 Å². The van der Waals surface area contributed by atoms with Gasteiger partial charge in [0.2, 0.25) is 0 Å². The molecular formula is C24H24O. The molecule has 0 amide bonds. The third-order valence-corrected chi connectivity index (χ3v) is 5.67. The van der Waals surface area contributed by atoms with Crippen LogP contribution in [0.2, 0.25) is 0 Å². The van der Waals surface area contributed by atoms with Gasteiger partial charge in [0.1, 0.15) is 6.29 Å². The number of aldehydes is 1. The van der Waals surface area contributed by atoms with Gasteiger partial charge in [-0.05, 0) is 39.8 Å². The average molecular weight is 328 g/mol. The van der Waals surface area contributed by atoms with E-state index in [0.29, 0.717) is 0 Å². The molecular weight excluding hydrogens is 304 g/mol. The Morgan fingerprint density at radius 2 is 1.60 bits per heavy atom. The highest BCUT2D eigenvalue weighted by molar-refractivity contribution is 5.96. The molecule has 0 spiro atoms. The van der Waals surface area contributed by atoms with Crippen LogP contribution < -0.4 is 0 Å².